The highest BCUT2D eigenvalue weighted by atomic mass is 16.2. The van der Waals surface area contributed by atoms with E-state index in [1.165, 1.54) is 24.0 Å². The number of carbonyl (C=O) groups is 2. The molecule has 4 heteroatoms. The second-order valence-corrected chi connectivity index (χ2v) is 6.97. The molecule has 24 heavy (non-hydrogen) atoms. The van der Waals surface area contributed by atoms with Crippen molar-refractivity contribution in [3.8, 4) is 0 Å². The van der Waals surface area contributed by atoms with Crippen LogP contribution in [-0.2, 0) is 17.6 Å². The Labute approximate surface area is 144 Å². The van der Waals surface area contributed by atoms with Crippen molar-refractivity contribution in [3.05, 3.63) is 34.9 Å². The Kier molecular flexibility index (Phi) is 5.54. The van der Waals surface area contributed by atoms with Crippen LogP contribution in [0.2, 0.25) is 0 Å². The summed E-state index contributed by atoms with van der Waals surface area (Å²) in [5.41, 5.74) is 3.57. The first-order valence-electron chi connectivity index (χ1n) is 9.38. The van der Waals surface area contributed by atoms with Crippen LogP contribution in [0.4, 0.5) is 0 Å². The van der Waals surface area contributed by atoms with E-state index in [1.54, 1.807) is 0 Å². The van der Waals surface area contributed by atoms with E-state index in [4.69, 9.17) is 0 Å². The average molecular weight is 328 g/mol. The fraction of sp³-hybridized carbons (Fsp3) is 0.600. The second kappa shape index (κ2) is 7.82. The second-order valence-electron chi connectivity index (χ2n) is 6.97. The van der Waals surface area contributed by atoms with E-state index in [-0.39, 0.29) is 11.8 Å². The molecule has 1 aliphatic carbocycles. The van der Waals surface area contributed by atoms with Crippen molar-refractivity contribution >= 4 is 11.8 Å². The zero-order valence-electron chi connectivity index (χ0n) is 14.7. The zero-order valence-corrected chi connectivity index (χ0v) is 14.7. The fourth-order valence-corrected chi connectivity index (χ4v) is 3.79. The molecular formula is C20H28N2O2. The van der Waals surface area contributed by atoms with Crippen LogP contribution in [0.3, 0.4) is 0 Å². The van der Waals surface area contributed by atoms with Gasteiger partial charge in [-0.2, -0.15) is 0 Å². The van der Waals surface area contributed by atoms with Crippen molar-refractivity contribution in [1.82, 2.24) is 9.80 Å². The summed E-state index contributed by atoms with van der Waals surface area (Å²) in [7, 11) is 0. The van der Waals surface area contributed by atoms with Gasteiger partial charge in [0.05, 0.1) is 0 Å². The van der Waals surface area contributed by atoms with Crippen LogP contribution in [0, 0.1) is 0 Å². The van der Waals surface area contributed by atoms with Crippen LogP contribution in [0.15, 0.2) is 18.2 Å². The molecule has 0 N–H and O–H groups in total. The molecule has 4 nitrogen and oxygen atoms in total. The minimum absolute atomic E-state index is 0.119. The van der Waals surface area contributed by atoms with Crippen LogP contribution in [0.5, 0.6) is 0 Å². The lowest BCUT2D eigenvalue weighted by Gasteiger charge is -2.23. The van der Waals surface area contributed by atoms with Crippen molar-refractivity contribution in [2.45, 2.75) is 51.9 Å². The molecule has 0 spiro atoms. The van der Waals surface area contributed by atoms with Crippen LogP contribution in [0.1, 0.15) is 60.5 Å². The first kappa shape index (κ1) is 17.0. The number of carbonyl (C=O) groups excluding carboxylic acids is 2. The van der Waals surface area contributed by atoms with Gasteiger partial charge in [-0.15, -0.1) is 0 Å². The molecule has 1 aromatic carbocycles. The van der Waals surface area contributed by atoms with Crippen LogP contribution in [-0.4, -0.2) is 47.8 Å². The summed E-state index contributed by atoms with van der Waals surface area (Å²) >= 11 is 0. The Bertz CT molecular complexity index is 612. The first-order chi connectivity index (χ1) is 11.7. The standard InChI is InChI=1S/C20H28N2O2/c1-2-6-19(23)21-11-5-12-22(14-13-21)20(24)18-10-9-16-7-3-4-8-17(16)15-18/h9-10,15H,2-8,11-14H2,1H3. The number of aryl methyl sites for hydroxylation is 2. The Hall–Kier alpha value is -1.84. The predicted molar refractivity (Wildman–Crippen MR) is 95.1 cm³/mol. The SMILES string of the molecule is CCCC(=O)N1CCCN(C(=O)c2ccc3c(c2)CCCC3)CC1. The van der Waals surface area contributed by atoms with Gasteiger partial charge in [-0.25, -0.2) is 0 Å². The van der Waals surface area contributed by atoms with Gasteiger partial charge in [-0.3, -0.25) is 9.59 Å². The Morgan fingerprint density at radius 2 is 1.62 bits per heavy atom. The Morgan fingerprint density at radius 1 is 0.917 bits per heavy atom. The molecule has 2 aliphatic rings. The fourth-order valence-electron chi connectivity index (χ4n) is 3.79. The third kappa shape index (κ3) is 3.80. The van der Waals surface area contributed by atoms with E-state index < -0.39 is 0 Å². The van der Waals surface area contributed by atoms with Crippen LogP contribution < -0.4 is 0 Å². The lowest BCUT2D eigenvalue weighted by atomic mass is 9.90. The monoisotopic (exact) mass is 328 g/mol. The molecule has 1 heterocycles. The third-order valence-corrected chi connectivity index (χ3v) is 5.20. The minimum atomic E-state index is 0.119. The number of rotatable bonds is 3. The molecule has 0 aromatic heterocycles. The molecule has 0 atom stereocenters. The third-order valence-electron chi connectivity index (χ3n) is 5.20. The summed E-state index contributed by atoms with van der Waals surface area (Å²) in [4.78, 5) is 28.8. The highest BCUT2D eigenvalue weighted by Gasteiger charge is 2.23. The highest BCUT2D eigenvalue weighted by Crippen LogP contribution is 2.23. The van der Waals surface area contributed by atoms with E-state index >= 15 is 0 Å². The van der Waals surface area contributed by atoms with Crippen molar-refractivity contribution in [1.29, 1.82) is 0 Å². The molecule has 0 radical (unpaired) electrons. The maximum Gasteiger partial charge on any atom is 0.253 e. The van der Waals surface area contributed by atoms with Gasteiger partial charge < -0.3 is 9.80 Å². The molecule has 2 amide bonds. The van der Waals surface area contributed by atoms with E-state index in [1.807, 2.05) is 22.8 Å². The average Bonchev–Trinajstić information content (AvgIpc) is 2.87. The van der Waals surface area contributed by atoms with E-state index in [0.29, 0.717) is 19.5 Å². The number of nitrogens with zero attached hydrogens (tertiary/aromatic N) is 2. The molecule has 0 bridgehead atoms. The van der Waals surface area contributed by atoms with E-state index in [0.717, 1.165) is 44.3 Å². The molecule has 1 fully saturated rings. The van der Waals surface area contributed by atoms with Gasteiger partial charge in [-0.05, 0) is 61.8 Å². The lowest BCUT2D eigenvalue weighted by Crippen LogP contribution is -2.37. The number of fused-ring (bicyclic) bond motifs is 1. The topological polar surface area (TPSA) is 40.6 Å². The minimum Gasteiger partial charge on any atom is -0.341 e. The molecule has 1 saturated heterocycles. The van der Waals surface area contributed by atoms with Crippen LogP contribution >= 0.6 is 0 Å². The molecule has 0 unspecified atom stereocenters. The maximum absolute atomic E-state index is 12.9. The lowest BCUT2D eigenvalue weighted by molar-refractivity contribution is -0.131. The largest absolute Gasteiger partial charge is 0.341 e. The van der Waals surface area contributed by atoms with Crippen LogP contribution in [0.25, 0.3) is 0 Å². The summed E-state index contributed by atoms with van der Waals surface area (Å²) < 4.78 is 0. The molecule has 130 valence electrons. The van der Waals surface area contributed by atoms with Gasteiger partial charge in [0, 0.05) is 38.2 Å². The summed E-state index contributed by atoms with van der Waals surface area (Å²) in [5.74, 6) is 0.341. The van der Waals surface area contributed by atoms with Crippen molar-refractivity contribution in [3.63, 3.8) is 0 Å². The van der Waals surface area contributed by atoms with Crippen molar-refractivity contribution in [2.24, 2.45) is 0 Å². The van der Waals surface area contributed by atoms with Crippen molar-refractivity contribution in [2.75, 3.05) is 26.2 Å². The van der Waals surface area contributed by atoms with Crippen molar-refractivity contribution < 1.29 is 9.59 Å². The van der Waals surface area contributed by atoms with Gasteiger partial charge in [-0.1, -0.05) is 13.0 Å². The first-order valence-corrected chi connectivity index (χ1v) is 9.38. The molecule has 3 rings (SSSR count). The normalized spacial score (nSPS) is 18.0. The molecule has 0 saturated carbocycles. The maximum atomic E-state index is 12.9. The molecule has 1 aliphatic heterocycles. The van der Waals surface area contributed by atoms with Gasteiger partial charge in [0.25, 0.3) is 5.91 Å². The summed E-state index contributed by atoms with van der Waals surface area (Å²) in [6, 6.07) is 6.22. The summed E-state index contributed by atoms with van der Waals surface area (Å²) in [6.07, 6.45) is 7.08. The van der Waals surface area contributed by atoms with Gasteiger partial charge in [0.15, 0.2) is 0 Å². The quantitative estimate of drug-likeness (QED) is 0.856. The number of hydrogen-bond acceptors (Lipinski definition) is 2. The van der Waals surface area contributed by atoms with E-state index in [2.05, 4.69) is 12.1 Å². The number of benzene rings is 1. The molecule has 1 aromatic rings. The molecular weight excluding hydrogens is 300 g/mol. The predicted octanol–water partition coefficient (Wildman–Crippen LogP) is 3.04. The summed E-state index contributed by atoms with van der Waals surface area (Å²) in [6.45, 7) is 4.85. The number of amides is 2. The van der Waals surface area contributed by atoms with Gasteiger partial charge in [0.2, 0.25) is 5.91 Å². The Balaban J connectivity index is 1.66. The van der Waals surface area contributed by atoms with Gasteiger partial charge >= 0.3 is 0 Å². The highest BCUT2D eigenvalue weighted by molar-refractivity contribution is 5.94. The Morgan fingerprint density at radius 3 is 2.42 bits per heavy atom. The van der Waals surface area contributed by atoms with Gasteiger partial charge in [0.1, 0.15) is 0 Å². The van der Waals surface area contributed by atoms with E-state index in [9.17, 15) is 9.59 Å². The smallest absolute Gasteiger partial charge is 0.253 e. The number of hydrogen-bond donors (Lipinski definition) is 0. The zero-order chi connectivity index (χ0) is 16.9. The summed E-state index contributed by atoms with van der Waals surface area (Å²) in [5, 5.41) is 0.